The predicted octanol–water partition coefficient (Wildman–Crippen LogP) is 5.64. The first-order chi connectivity index (χ1) is 19.8. The normalized spacial score (nSPS) is 10.7. The van der Waals surface area contributed by atoms with Crippen molar-refractivity contribution in [3.63, 3.8) is 0 Å². The zero-order valence-corrected chi connectivity index (χ0v) is 25.5. The Morgan fingerprint density at radius 3 is 2.66 bits per heavy atom. The molecule has 1 amide bonds. The van der Waals surface area contributed by atoms with Crippen LogP contribution in [-0.2, 0) is 6.54 Å². The molecule has 0 aliphatic rings. The molecule has 0 unspecified atom stereocenters. The van der Waals surface area contributed by atoms with E-state index in [4.69, 9.17) is 10.8 Å². The van der Waals surface area contributed by atoms with E-state index in [1.165, 1.54) is 16.9 Å². The van der Waals surface area contributed by atoms with Crippen molar-refractivity contribution in [2.75, 3.05) is 25.9 Å². The highest BCUT2D eigenvalue weighted by Gasteiger charge is 2.22. The summed E-state index contributed by atoms with van der Waals surface area (Å²) >= 11 is 3.08. The molecule has 0 aliphatic heterocycles. The van der Waals surface area contributed by atoms with Gasteiger partial charge in [-0.1, -0.05) is 31.3 Å². The topological polar surface area (TPSA) is 135 Å². The number of anilines is 1. The van der Waals surface area contributed by atoms with E-state index in [-0.39, 0.29) is 12.5 Å². The number of thiazole rings is 1. The molecule has 5 aromatic rings. The summed E-state index contributed by atoms with van der Waals surface area (Å²) in [6, 6.07) is 11.6. The number of nitrogens with zero attached hydrogens (tertiary/aromatic N) is 3. The number of aromatic nitrogens is 3. The van der Waals surface area contributed by atoms with Gasteiger partial charge in [0.05, 0.1) is 15.8 Å². The molecule has 0 atom stereocenters. The van der Waals surface area contributed by atoms with Crippen molar-refractivity contribution in [1.29, 1.82) is 0 Å². The number of rotatable bonds is 9. The molecule has 218 valence electrons. The van der Waals surface area contributed by atoms with Crippen LogP contribution >= 0.6 is 22.7 Å². The highest BCUT2D eigenvalue weighted by molar-refractivity contribution is 7.22. The number of hydrogen-bond acceptors (Lipinski definition) is 9. The number of pyridine rings is 1. The molecule has 4 aromatic heterocycles. The van der Waals surface area contributed by atoms with Crippen LogP contribution in [0.4, 0.5) is 5.13 Å². The zero-order valence-electron chi connectivity index (χ0n) is 23.9. The molecule has 11 heteroatoms. The van der Waals surface area contributed by atoms with Crippen molar-refractivity contribution < 1.29 is 14.7 Å². The molecular formula is C30H38N6O3S2. The van der Waals surface area contributed by atoms with Crippen LogP contribution in [0.5, 0.6) is 0 Å². The molecule has 0 radical (unpaired) electrons. The van der Waals surface area contributed by atoms with Crippen molar-refractivity contribution in [2.24, 2.45) is 5.92 Å². The average molecular weight is 595 g/mol. The van der Waals surface area contributed by atoms with Crippen LogP contribution in [0.25, 0.3) is 27.1 Å². The lowest BCUT2D eigenvalue weighted by Crippen LogP contribution is -2.26. The lowest BCUT2D eigenvalue weighted by molar-refractivity contribution is 0.0947. The number of thiophene rings is 1. The van der Waals surface area contributed by atoms with E-state index >= 15 is 0 Å². The Hall–Kier alpha value is -3.64. The Balaban J connectivity index is 0.000000241. The molecule has 1 aromatic carbocycles. The molecule has 0 aliphatic carbocycles. The predicted molar refractivity (Wildman–Crippen MR) is 170 cm³/mol. The molecule has 0 fully saturated rings. The van der Waals surface area contributed by atoms with Gasteiger partial charge in [0.25, 0.3) is 5.91 Å². The quantitative estimate of drug-likeness (QED) is 0.128. The summed E-state index contributed by atoms with van der Waals surface area (Å²) in [5, 5.41) is 18.2. The minimum atomic E-state index is -0.166. The number of fused-ring (bicyclic) bond motifs is 2. The number of nitrogens with two attached hydrogens (primary N) is 1. The average Bonchev–Trinajstić information content (AvgIpc) is 3.69. The van der Waals surface area contributed by atoms with E-state index in [1.54, 1.807) is 41.0 Å². The van der Waals surface area contributed by atoms with Gasteiger partial charge in [-0.25, -0.2) is 9.97 Å². The number of amides is 1. The molecule has 4 heterocycles. The van der Waals surface area contributed by atoms with Gasteiger partial charge in [0, 0.05) is 36.8 Å². The van der Waals surface area contributed by atoms with Gasteiger partial charge in [0.1, 0.15) is 17.0 Å². The van der Waals surface area contributed by atoms with Crippen molar-refractivity contribution in [3.8, 4) is 11.3 Å². The SMILES string of the molecule is CC(C)CCCNC(=O)c1c(-c2ccsc2)nc2c(C=O)cccn12.CCO.CNCc1ccc2nc(N)sc2c1. The Labute approximate surface area is 248 Å². The lowest BCUT2D eigenvalue weighted by Gasteiger charge is -2.08. The van der Waals surface area contributed by atoms with Gasteiger partial charge in [0.15, 0.2) is 11.4 Å². The Bertz CT molecular complexity index is 1540. The molecule has 9 nitrogen and oxygen atoms in total. The zero-order chi connectivity index (χ0) is 29.8. The maximum atomic E-state index is 12.8. The van der Waals surface area contributed by atoms with Crippen LogP contribution in [0, 0.1) is 5.92 Å². The van der Waals surface area contributed by atoms with Gasteiger partial charge < -0.3 is 21.5 Å². The summed E-state index contributed by atoms with van der Waals surface area (Å²) in [6.45, 7) is 7.78. The van der Waals surface area contributed by atoms with E-state index in [1.807, 2.05) is 29.9 Å². The first-order valence-electron chi connectivity index (χ1n) is 13.5. The Morgan fingerprint density at radius 1 is 1.22 bits per heavy atom. The van der Waals surface area contributed by atoms with Crippen LogP contribution < -0.4 is 16.4 Å². The third-order valence-electron chi connectivity index (χ3n) is 5.91. The summed E-state index contributed by atoms with van der Waals surface area (Å²) in [5.74, 6) is 0.449. The molecule has 5 N–H and O–H groups in total. The van der Waals surface area contributed by atoms with Crippen molar-refractivity contribution >= 4 is 55.9 Å². The van der Waals surface area contributed by atoms with Crippen molar-refractivity contribution in [3.05, 3.63) is 70.2 Å². The number of carbonyl (C=O) groups excluding carboxylic acids is 2. The minimum absolute atomic E-state index is 0.166. The van der Waals surface area contributed by atoms with Gasteiger partial charge in [-0.05, 0) is 74.0 Å². The Morgan fingerprint density at radius 2 is 2.00 bits per heavy atom. The molecule has 0 spiro atoms. The van der Waals surface area contributed by atoms with Crippen molar-refractivity contribution in [1.82, 2.24) is 25.0 Å². The minimum Gasteiger partial charge on any atom is -0.397 e. The summed E-state index contributed by atoms with van der Waals surface area (Å²) in [7, 11) is 1.94. The second-order valence-corrected chi connectivity index (χ2v) is 11.4. The highest BCUT2D eigenvalue weighted by atomic mass is 32.1. The second-order valence-electron chi connectivity index (χ2n) is 9.59. The molecule has 5 rings (SSSR count). The largest absolute Gasteiger partial charge is 0.397 e. The maximum Gasteiger partial charge on any atom is 0.270 e. The van der Waals surface area contributed by atoms with E-state index in [9.17, 15) is 9.59 Å². The summed E-state index contributed by atoms with van der Waals surface area (Å²) in [5.41, 5.74) is 10.8. The van der Waals surface area contributed by atoms with Gasteiger partial charge in [-0.3, -0.25) is 14.0 Å². The van der Waals surface area contributed by atoms with Gasteiger partial charge in [-0.2, -0.15) is 11.3 Å². The summed E-state index contributed by atoms with van der Waals surface area (Å²) in [4.78, 5) is 32.9. The number of nitrogens with one attached hydrogen (secondary N) is 2. The maximum absolute atomic E-state index is 12.8. The van der Waals surface area contributed by atoms with E-state index in [2.05, 4.69) is 46.6 Å². The lowest BCUT2D eigenvalue weighted by atomic mass is 10.1. The fourth-order valence-electron chi connectivity index (χ4n) is 4.10. The first-order valence-corrected chi connectivity index (χ1v) is 15.3. The fraction of sp³-hybridized carbons (Fsp3) is 0.333. The van der Waals surface area contributed by atoms with Crippen LogP contribution in [0.15, 0.2) is 53.4 Å². The van der Waals surface area contributed by atoms with Gasteiger partial charge in [-0.15, -0.1) is 0 Å². The summed E-state index contributed by atoms with van der Waals surface area (Å²) in [6.07, 6.45) is 4.55. The van der Waals surface area contributed by atoms with Crippen LogP contribution in [-0.4, -0.2) is 51.9 Å². The van der Waals surface area contributed by atoms with Crippen molar-refractivity contribution in [2.45, 2.75) is 40.2 Å². The number of hydrogen-bond donors (Lipinski definition) is 4. The van der Waals surface area contributed by atoms with Crippen LogP contribution in [0.1, 0.15) is 60.0 Å². The molecule has 0 bridgehead atoms. The smallest absolute Gasteiger partial charge is 0.270 e. The molecular weight excluding hydrogens is 557 g/mol. The van der Waals surface area contributed by atoms with E-state index in [0.717, 1.165) is 41.5 Å². The first kappa shape index (κ1) is 31.9. The number of imidazole rings is 1. The summed E-state index contributed by atoms with van der Waals surface area (Å²) < 4.78 is 2.86. The molecule has 0 saturated heterocycles. The molecule has 0 saturated carbocycles. The van der Waals surface area contributed by atoms with Crippen LogP contribution in [0.2, 0.25) is 0 Å². The third kappa shape index (κ3) is 8.67. The second kappa shape index (κ2) is 16.0. The number of aldehydes is 1. The van der Waals surface area contributed by atoms with Gasteiger partial charge >= 0.3 is 0 Å². The van der Waals surface area contributed by atoms with Gasteiger partial charge in [0.2, 0.25) is 0 Å². The van der Waals surface area contributed by atoms with E-state index in [0.29, 0.717) is 40.2 Å². The molecule has 41 heavy (non-hydrogen) atoms. The van der Waals surface area contributed by atoms with Crippen LogP contribution in [0.3, 0.4) is 0 Å². The van der Waals surface area contributed by atoms with E-state index < -0.39 is 0 Å². The monoisotopic (exact) mass is 594 g/mol. The number of benzene rings is 1. The number of aliphatic hydroxyl groups excluding tert-OH is 1. The fourth-order valence-corrected chi connectivity index (χ4v) is 5.53. The number of carbonyl (C=O) groups is 2. The number of aliphatic hydroxyl groups is 1. The standard InChI is InChI=1S/C19H21N3O2S.C9H11N3S.C2H6O/c1-13(2)5-3-8-20-19(24)17-16(15-7-10-25-12-15)21-18-14(11-23)6-4-9-22(17)18;1-11-5-6-2-3-7-8(4-6)13-9(10)12-7;1-2-3/h4,6-7,9-13H,3,5,8H2,1-2H3,(H,20,24);2-4,11H,5H2,1H3,(H2,10,12);3H,2H2,1H3. The third-order valence-corrected chi connectivity index (χ3v) is 7.44. The number of nitrogen functional groups attached to an aromatic ring is 1. The highest BCUT2D eigenvalue weighted by Crippen LogP contribution is 2.27. The Kier molecular flexibility index (Phi) is 12.4.